The van der Waals surface area contributed by atoms with Crippen LogP contribution in [0.1, 0.15) is 50.9 Å². The van der Waals surface area contributed by atoms with E-state index in [1.807, 2.05) is 6.07 Å². The summed E-state index contributed by atoms with van der Waals surface area (Å²) in [6.07, 6.45) is 6.16. The number of fused-ring (bicyclic) bond motifs is 1. The van der Waals surface area contributed by atoms with Gasteiger partial charge in [-0.3, -0.25) is 0 Å². The van der Waals surface area contributed by atoms with Crippen molar-refractivity contribution in [2.45, 2.75) is 50.9 Å². The van der Waals surface area contributed by atoms with E-state index in [1.165, 1.54) is 44.2 Å². The lowest BCUT2D eigenvalue weighted by Gasteiger charge is -2.30. The monoisotopic (exact) mass is 294 g/mol. The molecule has 0 saturated heterocycles. The second kappa shape index (κ2) is 5.72. The zero-order valence-electron chi connectivity index (χ0n) is 11.8. The molecule has 0 amide bonds. The molecule has 0 bridgehead atoms. The van der Waals surface area contributed by atoms with Crippen molar-refractivity contribution in [1.29, 1.82) is 0 Å². The SMILES string of the molecule is CCC1CCCC(n2c(CCl)nc3cc(F)ccc32)C1. The third-order valence-corrected chi connectivity index (χ3v) is 4.78. The summed E-state index contributed by atoms with van der Waals surface area (Å²) in [5.74, 6) is 1.80. The van der Waals surface area contributed by atoms with Crippen molar-refractivity contribution in [3.05, 3.63) is 29.8 Å². The molecule has 4 heteroatoms. The highest BCUT2D eigenvalue weighted by molar-refractivity contribution is 6.16. The number of hydrogen-bond donors (Lipinski definition) is 0. The van der Waals surface area contributed by atoms with Gasteiger partial charge in [0.05, 0.1) is 16.9 Å². The maximum Gasteiger partial charge on any atom is 0.125 e. The second-order valence-corrected chi connectivity index (χ2v) is 6.03. The molecule has 1 fully saturated rings. The molecule has 1 saturated carbocycles. The van der Waals surface area contributed by atoms with E-state index in [1.54, 1.807) is 0 Å². The van der Waals surface area contributed by atoms with E-state index < -0.39 is 0 Å². The Bertz CT molecular complexity index is 608. The summed E-state index contributed by atoms with van der Waals surface area (Å²) in [5.41, 5.74) is 1.74. The van der Waals surface area contributed by atoms with E-state index in [-0.39, 0.29) is 5.82 Å². The molecule has 1 aliphatic rings. The van der Waals surface area contributed by atoms with Crippen LogP contribution < -0.4 is 0 Å². The number of rotatable bonds is 3. The first kappa shape index (κ1) is 13.9. The van der Waals surface area contributed by atoms with Crippen LogP contribution in [0.4, 0.5) is 4.39 Å². The van der Waals surface area contributed by atoms with Crippen molar-refractivity contribution < 1.29 is 4.39 Å². The third-order valence-electron chi connectivity index (χ3n) is 4.54. The molecule has 2 aromatic rings. The smallest absolute Gasteiger partial charge is 0.125 e. The van der Waals surface area contributed by atoms with Gasteiger partial charge in [-0.1, -0.05) is 26.2 Å². The Hall–Kier alpha value is -1.09. The Morgan fingerprint density at radius 2 is 2.25 bits per heavy atom. The maximum absolute atomic E-state index is 13.4. The fourth-order valence-corrected chi connectivity index (χ4v) is 3.68. The van der Waals surface area contributed by atoms with E-state index in [0.717, 1.165) is 22.8 Å². The molecule has 1 heterocycles. The first-order valence-corrected chi connectivity index (χ1v) is 7.98. The molecule has 1 aliphatic carbocycles. The summed E-state index contributed by atoms with van der Waals surface area (Å²) in [6, 6.07) is 5.31. The minimum atomic E-state index is -0.238. The number of aromatic nitrogens is 2. The highest BCUT2D eigenvalue weighted by Crippen LogP contribution is 2.37. The van der Waals surface area contributed by atoms with E-state index >= 15 is 0 Å². The van der Waals surface area contributed by atoms with Crippen LogP contribution >= 0.6 is 11.6 Å². The average molecular weight is 295 g/mol. The molecule has 108 valence electrons. The van der Waals surface area contributed by atoms with Gasteiger partial charge in [-0.05, 0) is 30.9 Å². The van der Waals surface area contributed by atoms with Crippen LogP contribution in [-0.2, 0) is 5.88 Å². The number of benzene rings is 1. The van der Waals surface area contributed by atoms with E-state index in [0.29, 0.717) is 11.9 Å². The molecule has 0 aliphatic heterocycles. The van der Waals surface area contributed by atoms with Crippen molar-refractivity contribution in [1.82, 2.24) is 9.55 Å². The molecule has 2 atom stereocenters. The molecule has 2 nitrogen and oxygen atoms in total. The summed E-state index contributed by atoms with van der Waals surface area (Å²) >= 11 is 6.06. The van der Waals surface area contributed by atoms with E-state index in [2.05, 4.69) is 16.5 Å². The standard InChI is InChI=1S/C16H20ClFN2/c1-2-11-4-3-5-13(8-11)20-15-7-6-12(18)9-14(15)19-16(20)10-17/h6-7,9,11,13H,2-5,8,10H2,1H3. The summed E-state index contributed by atoms with van der Waals surface area (Å²) in [5, 5.41) is 0. The van der Waals surface area contributed by atoms with Crippen LogP contribution in [0.15, 0.2) is 18.2 Å². The van der Waals surface area contributed by atoms with Gasteiger partial charge in [-0.15, -0.1) is 11.6 Å². The molecular weight excluding hydrogens is 275 g/mol. The van der Waals surface area contributed by atoms with Gasteiger partial charge in [0.2, 0.25) is 0 Å². The number of imidazole rings is 1. The largest absolute Gasteiger partial charge is 0.324 e. The topological polar surface area (TPSA) is 17.8 Å². The Labute approximate surface area is 123 Å². The minimum absolute atomic E-state index is 0.238. The van der Waals surface area contributed by atoms with Crippen LogP contribution in [0.25, 0.3) is 11.0 Å². The Balaban J connectivity index is 2.04. The molecule has 0 spiro atoms. The molecule has 0 radical (unpaired) electrons. The van der Waals surface area contributed by atoms with Crippen molar-refractivity contribution in [2.24, 2.45) is 5.92 Å². The van der Waals surface area contributed by atoms with Gasteiger partial charge >= 0.3 is 0 Å². The highest BCUT2D eigenvalue weighted by Gasteiger charge is 2.25. The Morgan fingerprint density at radius 3 is 3.00 bits per heavy atom. The van der Waals surface area contributed by atoms with Crippen LogP contribution in [0.3, 0.4) is 0 Å². The first-order valence-electron chi connectivity index (χ1n) is 7.45. The van der Waals surface area contributed by atoms with E-state index in [4.69, 9.17) is 11.6 Å². The predicted octanol–water partition coefficient (Wildman–Crippen LogP) is 5.06. The zero-order valence-corrected chi connectivity index (χ0v) is 12.5. The van der Waals surface area contributed by atoms with Crippen molar-refractivity contribution in [3.8, 4) is 0 Å². The normalized spacial score (nSPS) is 23.4. The van der Waals surface area contributed by atoms with Crippen molar-refractivity contribution >= 4 is 22.6 Å². The Kier molecular flexibility index (Phi) is 3.97. The van der Waals surface area contributed by atoms with Gasteiger partial charge < -0.3 is 4.57 Å². The van der Waals surface area contributed by atoms with Crippen LogP contribution in [0.2, 0.25) is 0 Å². The number of nitrogens with zero attached hydrogens (tertiary/aromatic N) is 2. The number of alkyl halides is 1. The van der Waals surface area contributed by atoms with Gasteiger partial charge in [0.25, 0.3) is 0 Å². The van der Waals surface area contributed by atoms with E-state index in [9.17, 15) is 4.39 Å². The fourth-order valence-electron chi connectivity index (χ4n) is 3.49. The second-order valence-electron chi connectivity index (χ2n) is 5.76. The quantitative estimate of drug-likeness (QED) is 0.724. The summed E-state index contributed by atoms with van der Waals surface area (Å²) < 4.78 is 15.6. The predicted molar refractivity (Wildman–Crippen MR) is 80.5 cm³/mol. The lowest BCUT2D eigenvalue weighted by Crippen LogP contribution is -2.20. The molecular formula is C16H20ClFN2. The molecule has 20 heavy (non-hydrogen) atoms. The van der Waals surface area contributed by atoms with Crippen molar-refractivity contribution in [2.75, 3.05) is 0 Å². The maximum atomic E-state index is 13.4. The summed E-state index contributed by atoms with van der Waals surface area (Å²) in [6.45, 7) is 2.26. The number of hydrogen-bond acceptors (Lipinski definition) is 1. The average Bonchev–Trinajstić information content (AvgIpc) is 2.84. The molecule has 1 aromatic carbocycles. The van der Waals surface area contributed by atoms with Crippen LogP contribution in [0.5, 0.6) is 0 Å². The first-order chi connectivity index (χ1) is 9.72. The summed E-state index contributed by atoms with van der Waals surface area (Å²) in [4.78, 5) is 4.51. The van der Waals surface area contributed by atoms with Crippen molar-refractivity contribution in [3.63, 3.8) is 0 Å². The van der Waals surface area contributed by atoms with Gasteiger partial charge in [-0.2, -0.15) is 0 Å². The molecule has 2 unspecified atom stereocenters. The van der Waals surface area contributed by atoms with Gasteiger partial charge in [0, 0.05) is 12.1 Å². The lowest BCUT2D eigenvalue weighted by atomic mass is 9.84. The Morgan fingerprint density at radius 1 is 1.40 bits per heavy atom. The minimum Gasteiger partial charge on any atom is -0.324 e. The lowest BCUT2D eigenvalue weighted by molar-refractivity contribution is 0.262. The zero-order chi connectivity index (χ0) is 14.1. The third kappa shape index (κ3) is 2.44. The number of halogens is 2. The van der Waals surface area contributed by atoms with Gasteiger partial charge in [-0.25, -0.2) is 9.37 Å². The highest BCUT2D eigenvalue weighted by atomic mass is 35.5. The van der Waals surface area contributed by atoms with Crippen LogP contribution in [-0.4, -0.2) is 9.55 Å². The molecule has 0 N–H and O–H groups in total. The fraction of sp³-hybridized carbons (Fsp3) is 0.562. The molecule has 3 rings (SSSR count). The van der Waals surface area contributed by atoms with Gasteiger partial charge in [0.1, 0.15) is 11.6 Å². The van der Waals surface area contributed by atoms with Gasteiger partial charge in [0.15, 0.2) is 0 Å². The molecule has 1 aromatic heterocycles. The summed E-state index contributed by atoms with van der Waals surface area (Å²) in [7, 11) is 0. The van der Waals surface area contributed by atoms with Crippen LogP contribution in [0, 0.1) is 11.7 Å².